The lowest BCUT2D eigenvalue weighted by atomic mass is 9.79. The first-order chi connectivity index (χ1) is 13.1. The Morgan fingerprint density at radius 2 is 0.893 bits per heavy atom. The van der Waals surface area contributed by atoms with E-state index in [0.717, 1.165) is 17.4 Å². The largest absolute Gasteiger partial charge is 0.298 e. The Balaban J connectivity index is 2.02. The number of carbonyl (C=O) groups excluding carboxylic acids is 1. The van der Waals surface area contributed by atoms with Crippen molar-refractivity contribution in [1.29, 1.82) is 0 Å². The summed E-state index contributed by atoms with van der Waals surface area (Å²) < 4.78 is 0. The maximum atomic E-state index is 10.9. The Kier molecular flexibility index (Phi) is 5.30. The van der Waals surface area contributed by atoms with Crippen molar-refractivity contribution in [1.82, 2.24) is 0 Å². The van der Waals surface area contributed by atoms with Gasteiger partial charge in [-0.05, 0) is 44.2 Å². The summed E-state index contributed by atoms with van der Waals surface area (Å²) in [6.45, 7) is 13.6. The van der Waals surface area contributed by atoms with E-state index in [1.165, 1.54) is 22.3 Å². The van der Waals surface area contributed by atoms with E-state index in [0.29, 0.717) is 5.56 Å². The summed E-state index contributed by atoms with van der Waals surface area (Å²) in [5.74, 6) is 0. The van der Waals surface area contributed by atoms with Gasteiger partial charge in [0.1, 0.15) is 6.29 Å². The van der Waals surface area contributed by atoms with Crippen LogP contribution in [-0.4, -0.2) is 6.29 Å². The second-order valence-electron chi connectivity index (χ2n) is 9.62. The maximum Gasteiger partial charge on any atom is 0.150 e. The molecule has 0 aliphatic heterocycles. The normalized spacial score (nSPS) is 12.1. The molecule has 3 rings (SSSR count). The fraction of sp³-hybridized carbons (Fsp3) is 0.296. The third kappa shape index (κ3) is 4.42. The number of rotatable bonds is 3. The summed E-state index contributed by atoms with van der Waals surface area (Å²) in [5, 5.41) is 0. The van der Waals surface area contributed by atoms with Crippen LogP contribution in [0.5, 0.6) is 0 Å². The molecule has 3 aromatic carbocycles. The van der Waals surface area contributed by atoms with Crippen molar-refractivity contribution in [2.75, 3.05) is 0 Å². The smallest absolute Gasteiger partial charge is 0.150 e. The molecule has 0 aromatic heterocycles. The second kappa shape index (κ2) is 7.39. The van der Waals surface area contributed by atoms with Gasteiger partial charge in [0.15, 0.2) is 0 Å². The van der Waals surface area contributed by atoms with Gasteiger partial charge in [0.25, 0.3) is 0 Å². The Bertz CT molecular complexity index is 931. The van der Waals surface area contributed by atoms with Gasteiger partial charge in [0.2, 0.25) is 0 Å². The molecule has 1 heteroatoms. The zero-order valence-corrected chi connectivity index (χ0v) is 17.8. The SMILES string of the molecule is CC(C)(C)c1cc(-c2ccc(-c3ccc(C=O)cc3)cc2)cc(C(C)(C)C)c1. The fourth-order valence-electron chi connectivity index (χ4n) is 3.27. The lowest BCUT2D eigenvalue weighted by Crippen LogP contribution is -2.16. The van der Waals surface area contributed by atoms with Gasteiger partial charge >= 0.3 is 0 Å². The average molecular weight is 371 g/mol. The summed E-state index contributed by atoms with van der Waals surface area (Å²) in [6.07, 6.45) is 0.877. The van der Waals surface area contributed by atoms with Crippen LogP contribution >= 0.6 is 0 Å². The minimum atomic E-state index is 0.107. The van der Waals surface area contributed by atoms with Gasteiger partial charge in [-0.1, -0.05) is 108 Å². The fourth-order valence-corrected chi connectivity index (χ4v) is 3.27. The van der Waals surface area contributed by atoms with Gasteiger partial charge in [-0.15, -0.1) is 0 Å². The van der Waals surface area contributed by atoms with Gasteiger partial charge in [-0.2, -0.15) is 0 Å². The molecular weight excluding hydrogens is 340 g/mol. The van der Waals surface area contributed by atoms with Gasteiger partial charge < -0.3 is 0 Å². The standard InChI is InChI=1S/C27H30O/c1-26(2,3)24-15-23(16-25(17-24)27(4,5)6)22-13-11-21(12-14-22)20-9-7-19(18-28)8-10-20/h7-18H,1-6H3. The van der Waals surface area contributed by atoms with Crippen LogP contribution in [0.1, 0.15) is 63.0 Å². The van der Waals surface area contributed by atoms with Crippen molar-refractivity contribution in [3.8, 4) is 22.3 Å². The Morgan fingerprint density at radius 1 is 0.536 bits per heavy atom. The van der Waals surface area contributed by atoms with Crippen molar-refractivity contribution in [2.24, 2.45) is 0 Å². The molecule has 0 saturated heterocycles. The van der Waals surface area contributed by atoms with Crippen LogP contribution < -0.4 is 0 Å². The molecule has 28 heavy (non-hydrogen) atoms. The number of hydrogen-bond donors (Lipinski definition) is 0. The molecule has 0 heterocycles. The highest BCUT2D eigenvalue weighted by molar-refractivity contribution is 5.77. The minimum absolute atomic E-state index is 0.107. The summed E-state index contributed by atoms with van der Waals surface area (Å²) in [6, 6.07) is 23.4. The maximum absolute atomic E-state index is 10.9. The lowest BCUT2D eigenvalue weighted by molar-refractivity contribution is 0.112. The van der Waals surface area contributed by atoms with E-state index in [-0.39, 0.29) is 10.8 Å². The molecule has 144 valence electrons. The third-order valence-corrected chi connectivity index (χ3v) is 5.26. The Morgan fingerprint density at radius 3 is 1.25 bits per heavy atom. The quantitative estimate of drug-likeness (QED) is 0.438. The number of benzene rings is 3. The van der Waals surface area contributed by atoms with Gasteiger partial charge in [-0.25, -0.2) is 0 Å². The molecule has 1 nitrogen and oxygen atoms in total. The van der Waals surface area contributed by atoms with Crippen molar-refractivity contribution in [3.05, 3.63) is 83.4 Å². The van der Waals surface area contributed by atoms with Gasteiger partial charge in [0.05, 0.1) is 0 Å². The predicted octanol–water partition coefficient (Wildman–Crippen LogP) is 7.43. The third-order valence-electron chi connectivity index (χ3n) is 5.26. The van der Waals surface area contributed by atoms with Crippen LogP contribution in [0, 0.1) is 0 Å². The van der Waals surface area contributed by atoms with Crippen LogP contribution in [-0.2, 0) is 10.8 Å². The monoisotopic (exact) mass is 370 g/mol. The van der Waals surface area contributed by atoms with E-state index in [1.54, 1.807) is 0 Å². The number of carbonyl (C=O) groups is 1. The molecule has 0 saturated carbocycles. The zero-order valence-electron chi connectivity index (χ0n) is 17.8. The molecule has 0 amide bonds. The van der Waals surface area contributed by atoms with Crippen molar-refractivity contribution < 1.29 is 4.79 Å². The van der Waals surface area contributed by atoms with Gasteiger partial charge in [0, 0.05) is 5.56 Å². The predicted molar refractivity (Wildman–Crippen MR) is 120 cm³/mol. The average Bonchev–Trinajstić information content (AvgIpc) is 2.66. The molecule has 0 bridgehead atoms. The van der Waals surface area contributed by atoms with E-state index in [2.05, 4.69) is 84.0 Å². The number of hydrogen-bond acceptors (Lipinski definition) is 1. The molecule has 0 aliphatic carbocycles. The first-order valence-corrected chi connectivity index (χ1v) is 9.90. The molecule has 0 fully saturated rings. The number of aldehydes is 1. The Labute approximate surface area is 169 Å². The summed E-state index contributed by atoms with van der Waals surface area (Å²) in [7, 11) is 0. The van der Waals surface area contributed by atoms with E-state index < -0.39 is 0 Å². The molecule has 0 aliphatic rings. The van der Waals surface area contributed by atoms with Crippen molar-refractivity contribution in [2.45, 2.75) is 52.4 Å². The lowest BCUT2D eigenvalue weighted by Gasteiger charge is -2.26. The van der Waals surface area contributed by atoms with Crippen LogP contribution in [0.4, 0.5) is 0 Å². The molecular formula is C27H30O. The molecule has 0 atom stereocenters. The first kappa shape index (κ1) is 20.1. The Hall–Kier alpha value is -2.67. The molecule has 0 radical (unpaired) electrons. The van der Waals surface area contributed by atoms with E-state index in [4.69, 9.17) is 0 Å². The molecule has 3 aromatic rings. The molecule has 0 N–H and O–H groups in total. The summed E-state index contributed by atoms with van der Waals surface area (Å²) in [4.78, 5) is 10.9. The topological polar surface area (TPSA) is 17.1 Å². The van der Waals surface area contributed by atoms with Gasteiger partial charge in [-0.3, -0.25) is 4.79 Å². The van der Waals surface area contributed by atoms with Crippen LogP contribution in [0.15, 0.2) is 66.7 Å². The molecule has 0 unspecified atom stereocenters. The van der Waals surface area contributed by atoms with E-state index in [1.807, 2.05) is 24.3 Å². The highest BCUT2D eigenvalue weighted by Gasteiger charge is 2.20. The summed E-state index contributed by atoms with van der Waals surface area (Å²) >= 11 is 0. The van der Waals surface area contributed by atoms with Crippen molar-refractivity contribution >= 4 is 6.29 Å². The highest BCUT2D eigenvalue weighted by Crippen LogP contribution is 2.34. The molecule has 0 spiro atoms. The zero-order chi connectivity index (χ0) is 20.5. The van der Waals surface area contributed by atoms with Crippen LogP contribution in [0.25, 0.3) is 22.3 Å². The first-order valence-electron chi connectivity index (χ1n) is 9.90. The van der Waals surface area contributed by atoms with Crippen LogP contribution in [0.2, 0.25) is 0 Å². The minimum Gasteiger partial charge on any atom is -0.298 e. The van der Waals surface area contributed by atoms with E-state index in [9.17, 15) is 4.79 Å². The van der Waals surface area contributed by atoms with Crippen molar-refractivity contribution in [3.63, 3.8) is 0 Å². The summed E-state index contributed by atoms with van der Waals surface area (Å²) in [5.41, 5.74) is 8.42. The highest BCUT2D eigenvalue weighted by atomic mass is 16.1. The van der Waals surface area contributed by atoms with Crippen LogP contribution in [0.3, 0.4) is 0 Å². The van der Waals surface area contributed by atoms with E-state index >= 15 is 0 Å². The second-order valence-corrected chi connectivity index (χ2v) is 9.62.